The van der Waals surface area contributed by atoms with Gasteiger partial charge >= 0.3 is 5.63 Å². The number of methoxy groups -OCH3 is 1. The Hall–Kier alpha value is -1.87. The Morgan fingerprint density at radius 2 is 2.24 bits per heavy atom. The van der Waals surface area contributed by atoms with Gasteiger partial charge in [0.05, 0.1) is 25.2 Å². The summed E-state index contributed by atoms with van der Waals surface area (Å²) in [5.41, 5.74) is 0.955. The highest BCUT2D eigenvalue weighted by Crippen LogP contribution is 2.23. The number of ether oxygens (including phenoxy) is 1. The summed E-state index contributed by atoms with van der Waals surface area (Å²) in [7, 11) is 1.63. The second kappa shape index (κ2) is 12.0. The number of amides is 1. The van der Waals surface area contributed by atoms with Gasteiger partial charge in [-0.25, -0.2) is 9.78 Å². The second-order valence-electron chi connectivity index (χ2n) is 6.79. The average Bonchev–Trinajstić information content (AvgIpc) is 3.12. The molecule has 1 aliphatic heterocycles. The molecule has 3 rings (SSSR count). The molecule has 8 nitrogen and oxygen atoms in total. The number of aryl methyl sites for hydroxylation is 1. The molecule has 1 amide bonds. The highest BCUT2D eigenvalue weighted by molar-refractivity contribution is 5.95. The molecule has 0 aliphatic carbocycles. The van der Waals surface area contributed by atoms with Gasteiger partial charge in [-0.2, -0.15) is 0 Å². The zero-order valence-electron chi connectivity index (χ0n) is 16.6. The maximum Gasteiger partial charge on any atom is 0.349 e. The highest BCUT2D eigenvalue weighted by Gasteiger charge is 2.22. The van der Waals surface area contributed by atoms with Gasteiger partial charge in [0, 0.05) is 32.3 Å². The van der Waals surface area contributed by atoms with Crippen molar-refractivity contribution in [1.29, 1.82) is 0 Å². The van der Waals surface area contributed by atoms with Crippen molar-refractivity contribution in [2.24, 2.45) is 0 Å². The Bertz CT molecular complexity index is 847. The van der Waals surface area contributed by atoms with Crippen LogP contribution in [-0.4, -0.2) is 42.3 Å². The Kier molecular flexibility index (Phi) is 10.4. The van der Waals surface area contributed by atoms with E-state index in [1.165, 1.54) is 0 Å². The van der Waals surface area contributed by atoms with Crippen molar-refractivity contribution >= 4 is 30.7 Å². The minimum atomic E-state index is -0.582. The van der Waals surface area contributed by atoms with E-state index in [1.54, 1.807) is 26.6 Å². The lowest BCUT2D eigenvalue weighted by atomic mass is 9.95. The predicted octanol–water partition coefficient (Wildman–Crippen LogP) is 2.03. The maximum absolute atomic E-state index is 12.6. The fourth-order valence-corrected chi connectivity index (χ4v) is 3.35. The van der Waals surface area contributed by atoms with Crippen LogP contribution in [-0.2, 0) is 17.8 Å². The normalized spacial score (nSPS) is 15.9. The van der Waals surface area contributed by atoms with Gasteiger partial charge in [0.15, 0.2) is 0 Å². The molecule has 0 radical (unpaired) electrons. The predicted molar refractivity (Wildman–Crippen MR) is 114 cm³/mol. The van der Waals surface area contributed by atoms with Gasteiger partial charge in [0.1, 0.15) is 11.3 Å². The third-order valence-electron chi connectivity index (χ3n) is 4.86. The number of piperidine rings is 1. The van der Waals surface area contributed by atoms with Gasteiger partial charge in [-0.05, 0) is 37.9 Å². The van der Waals surface area contributed by atoms with Crippen LogP contribution in [0.15, 0.2) is 27.8 Å². The summed E-state index contributed by atoms with van der Waals surface area (Å²) in [6, 6.07) is 1.82. The molecule has 0 bridgehead atoms. The SMILES string of the molecule is COCCn1cncc1CNC(=O)c1c(C)cc(C2CCCNC2)oc1=O.Cl.Cl. The summed E-state index contributed by atoms with van der Waals surface area (Å²) in [6.45, 7) is 5.02. The van der Waals surface area contributed by atoms with Crippen LogP contribution in [0.3, 0.4) is 0 Å². The molecular weight excluding hydrogens is 419 g/mol. The summed E-state index contributed by atoms with van der Waals surface area (Å²) in [6.07, 6.45) is 5.40. The number of halogens is 2. The minimum absolute atomic E-state index is 0. The van der Waals surface area contributed by atoms with Crippen LogP contribution in [0.1, 0.15) is 46.1 Å². The van der Waals surface area contributed by atoms with E-state index in [0.717, 1.165) is 31.6 Å². The smallest absolute Gasteiger partial charge is 0.349 e. The van der Waals surface area contributed by atoms with E-state index in [2.05, 4.69) is 15.6 Å². The van der Waals surface area contributed by atoms with Gasteiger partial charge in [0.2, 0.25) is 0 Å². The third kappa shape index (κ3) is 6.30. The number of hydrogen-bond donors (Lipinski definition) is 2. The van der Waals surface area contributed by atoms with E-state index in [1.807, 2.05) is 10.6 Å². The first-order valence-corrected chi connectivity index (χ1v) is 9.21. The zero-order valence-corrected chi connectivity index (χ0v) is 18.2. The van der Waals surface area contributed by atoms with Crippen LogP contribution in [0.4, 0.5) is 0 Å². The first-order valence-electron chi connectivity index (χ1n) is 9.21. The molecule has 1 unspecified atom stereocenters. The first-order chi connectivity index (χ1) is 13.1. The van der Waals surface area contributed by atoms with E-state index in [4.69, 9.17) is 9.15 Å². The van der Waals surface area contributed by atoms with E-state index in [0.29, 0.717) is 24.5 Å². The molecule has 2 N–H and O–H groups in total. The zero-order chi connectivity index (χ0) is 19.2. The standard InChI is InChI=1S/C19H26N4O4.2ClH/c1-13-8-16(14-4-3-5-20-9-14)27-19(25)17(13)18(24)22-11-15-10-21-12-23(15)6-7-26-2;;/h8,10,12,14,20H,3-7,9,11H2,1-2H3,(H,22,24);2*1H. The lowest BCUT2D eigenvalue weighted by Crippen LogP contribution is -2.32. The number of nitrogens with zero attached hydrogens (tertiary/aromatic N) is 2. The van der Waals surface area contributed by atoms with Gasteiger partial charge in [0.25, 0.3) is 5.91 Å². The van der Waals surface area contributed by atoms with Crippen molar-refractivity contribution in [2.75, 3.05) is 26.8 Å². The van der Waals surface area contributed by atoms with Crippen LogP contribution in [0.2, 0.25) is 0 Å². The second-order valence-corrected chi connectivity index (χ2v) is 6.79. The Morgan fingerprint density at radius 1 is 1.45 bits per heavy atom. The topological polar surface area (TPSA) is 98.4 Å². The Morgan fingerprint density at radius 3 is 2.90 bits per heavy atom. The van der Waals surface area contributed by atoms with Crippen LogP contribution >= 0.6 is 24.8 Å². The molecular formula is C19H28Cl2N4O4. The number of aromatic nitrogens is 2. The van der Waals surface area contributed by atoms with Crippen molar-refractivity contribution in [3.8, 4) is 0 Å². The molecule has 29 heavy (non-hydrogen) atoms. The lowest BCUT2D eigenvalue weighted by molar-refractivity contribution is 0.0944. The number of hydrogen-bond acceptors (Lipinski definition) is 6. The van der Waals surface area contributed by atoms with Crippen molar-refractivity contribution in [1.82, 2.24) is 20.2 Å². The first kappa shape index (κ1) is 25.2. The molecule has 1 aliphatic rings. The summed E-state index contributed by atoms with van der Waals surface area (Å²) in [4.78, 5) is 29.1. The maximum atomic E-state index is 12.6. The van der Waals surface area contributed by atoms with E-state index >= 15 is 0 Å². The fourth-order valence-electron chi connectivity index (χ4n) is 3.35. The molecule has 1 saturated heterocycles. The molecule has 0 spiro atoms. The number of imidazole rings is 1. The number of rotatable bonds is 7. The van der Waals surface area contributed by atoms with Crippen LogP contribution in [0.5, 0.6) is 0 Å². The molecule has 1 atom stereocenters. The Labute approximate surface area is 182 Å². The van der Waals surface area contributed by atoms with Gasteiger partial charge in [-0.15, -0.1) is 24.8 Å². The average molecular weight is 447 g/mol. The van der Waals surface area contributed by atoms with Crippen molar-refractivity contribution in [3.05, 3.63) is 51.6 Å². The van der Waals surface area contributed by atoms with Crippen LogP contribution < -0.4 is 16.3 Å². The van der Waals surface area contributed by atoms with E-state index in [-0.39, 0.29) is 42.8 Å². The van der Waals surface area contributed by atoms with Crippen LogP contribution in [0.25, 0.3) is 0 Å². The molecule has 0 saturated carbocycles. The number of nitrogens with one attached hydrogen (secondary N) is 2. The lowest BCUT2D eigenvalue weighted by Gasteiger charge is -2.22. The molecule has 1 fully saturated rings. The molecule has 2 aromatic heterocycles. The van der Waals surface area contributed by atoms with Gasteiger partial charge in [-0.3, -0.25) is 4.79 Å². The molecule has 3 heterocycles. The largest absolute Gasteiger partial charge is 0.427 e. The number of carbonyl (C=O) groups is 1. The van der Waals surface area contributed by atoms with E-state index in [9.17, 15) is 9.59 Å². The number of carbonyl (C=O) groups excluding carboxylic acids is 1. The molecule has 10 heteroatoms. The fraction of sp³-hybridized carbons (Fsp3) is 0.526. The minimum Gasteiger partial charge on any atom is -0.427 e. The molecule has 0 aromatic carbocycles. The van der Waals surface area contributed by atoms with Crippen molar-refractivity contribution in [3.63, 3.8) is 0 Å². The van der Waals surface area contributed by atoms with Crippen molar-refractivity contribution in [2.45, 2.75) is 38.8 Å². The van der Waals surface area contributed by atoms with E-state index < -0.39 is 11.5 Å². The molecule has 2 aromatic rings. The summed E-state index contributed by atoms with van der Waals surface area (Å²) >= 11 is 0. The molecule has 162 valence electrons. The van der Waals surface area contributed by atoms with Crippen LogP contribution in [0, 0.1) is 6.92 Å². The third-order valence-corrected chi connectivity index (χ3v) is 4.86. The Balaban J connectivity index is 0.00000210. The van der Waals surface area contributed by atoms with Gasteiger partial charge < -0.3 is 24.4 Å². The van der Waals surface area contributed by atoms with Crippen molar-refractivity contribution < 1.29 is 13.9 Å². The summed E-state index contributed by atoms with van der Waals surface area (Å²) in [5, 5.41) is 6.09. The summed E-state index contributed by atoms with van der Waals surface area (Å²) < 4.78 is 12.4. The van der Waals surface area contributed by atoms with Gasteiger partial charge in [-0.1, -0.05) is 0 Å². The monoisotopic (exact) mass is 446 g/mol. The highest BCUT2D eigenvalue weighted by atomic mass is 35.5. The quantitative estimate of drug-likeness (QED) is 0.674. The summed E-state index contributed by atoms with van der Waals surface area (Å²) in [5.74, 6) is 0.394.